The Morgan fingerprint density at radius 2 is 2.05 bits per heavy atom. The van der Waals surface area contributed by atoms with Crippen molar-refractivity contribution in [2.45, 2.75) is 38.6 Å². The fourth-order valence-corrected chi connectivity index (χ4v) is 2.68. The zero-order chi connectivity index (χ0) is 13.7. The molecule has 1 N–H and O–H groups in total. The number of nitrogens with zero attached hydrogens (tertiary/aromatic N) is 1. The normalized spacial score (nSPS) is 18.5. The third-order valence-corrected chi connectivity index (χ3v) is 3.86. The Morgan fingerprint density at radius 1 is 1.35 bits per heavy atom. The van der Waals surface area contributed by atoms with Crippen LogP contribution in [0.3, 0.4) is 0 Å². The van der Waals surface area contributed by atoms with Gasteiger partial charge in [-0.05, 0) is 44.0 Å². The van der Waals surface area contributed by atoms with Crippen molar-refractivity contribution < 1.29 is 4.79 Å². The van der Waals surface area contributed by atoms with Gasteiger partial charge in [-0.15, -0.1) is 12.4 Å². The lowest BCUT2D eigenvalue weighted by atomic mass is 10.0. The number of carbonyl (C=O) groups is 1. The van der Waals surface area contributed by atoms with Crippen molar-refractivity contribution in [1.82, 2.24) is 10.2 Å². The molecule has 0 spiro atoms. The van der Waals surface area contributed by atoms with Gasteiger partial charge in [0.1, 0.15) is 0 Å². The van der Waals surface area contributed by atoms with Crippen LogP contribution in [0.25, 0.3) is 0 Å². The summed E-state index contributed by atoms with van der Waals surface area (Å²) in [6.45, 7) is 3.88. The second-order valence-corrected chi connectivity index (χ2v) is 5.33. The Balaban J connectivity index is 0.00000200. The second kappa shape index (κ2) is 8.28. The Morgan fingerprint density at radius 3 is 2.65 bits per heavy atom. The van der Waals surface area contributed by atoms with Gasteiger partial charge in [0.2, 0.25) is 0 Å². The van der Waals surface area contributed by atoms with Crippen LogP contribution in [0.1, 0.15) is 42.1 Å². The highest BCUT2D eigenvalue weighted by atomic mass is 35.5. The van der Waals surface area contributed by atoms with Crippen LogP contribution in [0.4, 0.5) is 0 Å². The largest absolute Gasteiger partial charge is 0.337 e. The van der Waals surface area contributed by atoms with Gasteiger partial charge < -0.3 is 10.2 Å². The van der Waals surface area contributed by atoms with Crippen LogP contribution in [0.2, 0.25) is 0 Å². The van der Waals surface area contributed by atoms with Crippen molar-refractivity contribution in [1.29, 1.82) is 0 Å². The number of carbonyl (C=O) groups excluding carboxylic acids is 1. The van der Waals surface area contributed by atoms with E-state index in [1.165, 1.54) is 5.56 Å². The smallest absolute Gasteiger partial charge is 0.253 e. The average Bonchev–Trinajstić information content (AvgIpc) is 2.48. The maximum absolute atomic E-state index is 12.4. The third kappa shape index (κ3) is 4.22. The minimum atomic E-state index is 0. The molecule has 112 valence electrons. The first-order chi connectivity index (χ1) is 9.24. The van der Waals surface area contributed by atoms with E-state index in [0.717, 1.165) is 44.3 Å². The molecule has 1 saturated heterocycles. The van der Waals surface area contributed by atoms with Gasteiger partial charge in [-0.3, -0.25) is 4.79 Å². The van der Waals surface area contributed by atoms with Crippen molar-refractivity contribution in [3.05, 3.63) is 35.4 Å². The molecule has 20 heavy (non-hydrogen) atoms. The number of rotatable bonds is 4. The van der Waals surface area contributed by atoms with E-state index in [-0.39, 0.29) is 18.3 Å². The van der Waals surface area contributed by atoms with E-state index in [9.17, 15) is 4.79 Å². The van der Waals surface area contributed by atoms with E-state index in [0.29, 0.717) is 6.04 Å². The molecule has 1 amide bonds. The summed E-state index contributed by atoms with van der Waals surface area (Å²) in [6.07, 6.45) is 4.48. The molecule has 1 aliphatic heterocycles. The topological polar surface area (TPSA) is 32.3 Å². The summed E-state index contributed by atoms with van der Waals surface area (Å²) in [5, 5.41) is 3.27. The number of amides is 1. The van der Waals surface area contributed by atoms with Gasteiger partial charge in [0.25, 0.3) is 5.91 Å². The van der Waals surface area contributed by atoms with Gasteiger partial charge in [-0.1, -0.05) is 25.5 Å². The molecular formula is C16H25ClN2O. The fourth-order valence-electron chi connectivity index (χ4n) is 2.68. The zero-order valence-corrected chi connectivity index (χ0v) is 13.2. The fraction of sp³-hybridized carbons (Fsp3) is 0.562. The number of halogens is 1. The molecule has 1 unspecified atom stereocenters. The van der Waals surface area contributed by atoms with Crippen molar-refractivity contribution >= 4 is 18.3 Å². The number of aryl methyl sites for hydroxylation is 1. The van der Waals surface area contributed by atoms with Gasteiger partial charge in [0, 0.05) is 24.7 Å². The summed E-state index contributed by atoms with van der Waals surface area (Å²) in [7, 11) is 1.97. The summed E-state index contributed by atoms with van der Waals surface area (Å²) in [4.78, 5) is 14.4. The molecule has 1 aliphatic rings. The highest BCUT2D eigenvalue weighted by molar-refractivity contribution is 5.94. The van der Waals surface area contributed by atoms with Gasteiger partial charge in [-0.2, -0.15) is 0 Å². The van der Waals surface area contributed by atoms with Crippen LogP contribution in [-0.4, -0.2) is 37.0 Å². The predicted molar refractivity (Wildman–Crippen MR) is 85.7 cm³/mol. The van der Waals surface area contributed by atoms with E-state index in [2.05, 4.69) is 24.4 Å². The van der Waals surface area contributed by atoms with Crippen LogP contribution in [0.5, 0.6) is 0 Å². The third-order valence-electron chi connectivity index (χ3n) is 3.86. The van der Waals surface area contributed by atoms with E-state index in [4.69, 9.17) is 0 Å². The molecular weight excluding hydrogens is 272 g/mol. The maximum atomic E-state index is 12.4. The number of hydrogen-bond donors (Lipinski definition) is 1. The van der Waals surface area contributed by atoms with Crippen molar-refractivity contribution in [2.75, 3.05) is 20.1 Å². The molecule has 0 saturated carbocycles. The molecule has 4 heteroatoms. The number of hydrogen-bond acceptors (Lipinski definition) is 2. The summed E-state index contributed by atoms with van der Waals surface area (Å²) >= 11 is 0. The molecule has 1 atom stereocenters. The van der Waals surface area contributed by atoms with Gasteiger partial charge in [0.15, 0.2) is 0 Å². The van der Waals surface area contributed by atoms with E-state index >= 15 is 0 Å². The van der Waals surface area contributed by atoms with Crippen molar-refractivity contribution in [2.24, 2.45) is 0 Å². The van der Waals surface area contributed by atoms with Crippen LogP contribution in [0, 0.1) is 0 Å². The highest BCUT2D eigenvalue weighted by Crippen LogP contribution is 2.14. The lowest BCUT2D eigenvalue weighted by Gasteiger charge is -2.32. The average molecular weight is 297 g/mol. The molecule has 0 aliphatic carbocycles. The summed E-state index contributed by atoms with van der Waals surface area (Å²) in [6, 6.07) is 8.54. The van der Waals surface area contributed by atoms with E-state index in [1.807, 2.05) is 24.1 Å². The molecule has 1 aromatic rings. The maximum Gasteiger partial charge on any atom is 0.253 e. The SMILES string of the molecule is CCCc1ccc(C(=O)N2CCCC(NC)C2)cc1.Cl. The first-order valence-electron chi connectivity index (χ1n) is 7.30. The number of nitrogens with one attached hydrogen (secondary N) is 1. The van der Waals surface area contributed by atoms with Gasteiger partial charge in [-0.25, -0.2) is 0 Å². The lowest BCUT2D eigenvalue weighted by molar-refractivity contribution is 0.0698. The highest BCUT2D eigenvalue weighted by Gasteiger charge is 2.23. The van der Waals surface area contributed by atoms with Crippen molar-refractivity contribution in [3.8, 4) is 0 Å². The quantitative estimate of drug-likeness (QED) is 0.926. The predicted octanol–water partition coefficient (Wildman–Crippen LogP) is 2.88. The standard InChI is InChI=1S/C16H24N2O.ClH/c1-3-5-13-7-9-14(10-8-13)16(19)18-11-4-6-15(12-18)17-2;/h7-10,15,17H,3-6,11-12H2,1-2H3;1H. The van der Waals surface area contributed by atoms with E-state index in [1.54, 1.807) is 0 Å². The summed E-state index contributed by atoms with van der Waals surface area (Å²) in [5.74, 6) is 0.169. The summed E-state index contributed by atoms with van der Waals surface area (Å²) in [5.41, 5.74) is 2.13. The molecule has 0 aromatic heterocycles. The first kappa shape index (κ1) is 17.0. The molecule has 3 nitrogen and oxygen atoms in total. The zero-order valence-electron chi connectivity index (χ0n) is 12.4. The Labute approximate surface area is 128 Å². The number of benzene rings is 1. The van der Waals surface area contributed by atoms with Gasteiger partial charge in [0.05, 0.1) is 0 Å². The van der Waals surface area contributed by atoms with Crippen LogP contribution < -0.4 is 5.32 Å². The minimum Gasteiger partial charge on any atom is -0.337 e. The molecule has 2 rings (SSSR count). The molecule has 1 aromatic carbocycles. The van der Waals surface area contributed by atoms with Crippen LogP contribution >= 0.6 is 12.4 Å². The summed E-state index contributed by atoms with van der Waals surface area (Å²) < 4.78 is 0. The molecule has 0 radical (unpaired) electrons. The van der Waals surface area contributed by atoms with E-state index < -0.39 is 0 Å². The number of piperidine rings is 1. The number of likely N-dealkylation sites (N-methyl/N-ethyl adjacent to an activating group) is 1. The molecule has 1 fully saturated rings. The molecule has 1 heterocycles. The first-order valence-corrected chi connectivity index (χ1v) is 7.30. The Hall–Kier alpha value is -1.06. The monoisotopic (exact) mass is 296 g/mol. The number of likely N-dealkylation sites (tertiary alicyclic amines) is 1. The van der Waals surface area contributed by atoms with Gasteiger partial charge >= 0.3 is 0 Å². The lowest BCUT2D eigenvalue weighted by Crippen LogP contribution is -2.46. The van der Waals surface area contributed by atoms with Crippen molar-refractivity contribution in [3.63, 3.8) is 0 Å². The molecule has 0 bridgehead atoms. The second-order valence-electron chi connectivity index (χ2n) is 5.33. The van der Waals surface area contributed by atoms with Crippen LogP contribution in [0.15, 0.2) is 24.3 Å². The Kier molecular flexibility index (Phi) is 7.03. The van der Waals surface area contributed by atoms with Crippen LogP contribution in [-0.2, 0) is 6.42 Å². The minimum absolute atomic E-state index is 0. The Bertz CT molecular complexity index is 419.